The van der Waals surface area contributed by atoms with E-state index in [2.05, 4.69) is 5.32 Å². The van der Waals surface area contributed by atoms with Gasteiger partial charge < -0.3 is 5.32 Å². The predicted octanol–water partition coefficient (Wildman–Crippen LogP) is 9.03. The van der Waals surface area contributed by atoms with Crippen molar-refractivity contribution in [2.45, 2.75) is 55.0 Å². The summed E-state index contributed by atoms with van der Waals surface area (Å²) in [6.45, 7) is 0. The molecular formula is C32H24Cl3F6NO3. The Morgan fingerprint density at radius 3 is 2.22 bits per heavy atom. The average Bonchev–Trinajstić information content (AvgIpc) is 3.27. The van der Waals surface area contributed by atoms with Crippen LogP contribution < -0.4 is 5.32 Å². The molecule has 2 fully saturated rings. The molecule has 0 aromatic heterocycles. The van der Waals surface area contributed by atoms with Gasteiger partial charge in [0.15, 0.2) is 5.78 Å². The van der Waals surface area contributed by atoms with Crippen molar-refractivity contribution in [2.75, 3.05) is 5.32 Å². The van der Waals surface area contributed by atoms with Gasteiger partial charge in [0.25, 0.3) is 0 Å². The number of hydrogen-bond acceptors (Lipinski definition) is 3. The Morgan fingerprint density at radius 2 is 1.56 bits per heavy atom. The zero-order valence-corrected chi connectivity index (χ0v) is 25.5. The number of hydrogen-bond donors (Lipinski definition) is 1. The van der Waals surface area contributed by atoms with E-state index >= 15 is 4.39 Å². The molecule has 1 N–H and O–H groups in total. The third-order valence-electron chi connectivity index (χ3n) is 8.30. The standard InChI is InChI=1S/C32H24Cl3F6NO3/c33-22-8-7-18(42-30(45)28-27(31(28,34)35)16-5-10-24(37)21(11-16)32(39,40)41)13-19(22)26(44)12-17-6-9-23(36)20(29(17)38)14-25(43)15-3-1-2-4-15/h5-11,13,15,27-28H,1-4,12,14H2,(H,42,45)/t27-,28+/m0/s1. The van der Waals surface area contributed by atoms with E-state index in [4.69, 9.17) is 34.8 Å². The maximum atomic E-state index is 15.3. The lowest BCUT2D eigenvalue weighted by Crippen LogP contribution is -2.18. The Bertz CT molecular complexity index is 1690. The lowest BCUT2D eigenvalue weighted by Gasteiger charge is -2.13. The summed E-state index contributed by atoms with van der Waals surface area (Å²) in [5.41, 5.74) is -2.22. The molecule has 5 rings (SSSR count). The van der Waals surface area contributed by atoms with Gasteiger partial charge in [0.1, 0.15) is 27.6 Å². The van der Waals surface area contributed by atoms with Gasteiger partial charge in [-0.25, -0.2) is 13.2 Å². The number of nitrogens with one attached hydrogen (secondary N) is 1. The summed E-state index contributed by atoms with van der Waals surface area (Å²) in [7, 11) is 0. The largest absolute Gasteiger partial charge is 0.419 e. The van der Waals surface area contributed by atoms with Crippen molar-refractivity contribution in [3.63, 3.8) is 0 Å². The smallest absolute Gasteiger partial charge is 0.326 e. The number of rotatable bonds is 9. The fraction of sp³-hybridized carbons (Fsp3) is 0.344. The molecule has 45 heavy (non-hydrogen) atoms. The molecule has 0 saturated heterocycles. The molecule has 3 aromatic rings. The van der Waals surface area contributed by atoms with E-state index in [0.29, 0.717) is 25.0 Å². The van der Waals surface area contributed by atoms with Crippen LogP contribution in [-0.2, 0) is 28.6 Å². The average molecular weight is 691 g/mol. The van der Waals surface area contributed by atoms with Gasteiger partial charge in [-0.15, -0.1) is 23.2 Å². The Morgan fingerprint density at radius 1 is 0.889 bits per heavy atom. The number of alkyl halides is 5. The number of halogens is 9. The zero-order valence-electron chi connectivity index (χ0n) is 23.2. The molecule has 4 nitrogen and oxygen atoms in total. The molecule has 13 heteroatoms. The number of benzene rings is 3. The topological polar surface area (TPSA) is 63.2 Å². The summed E-state index contributed by atoms with van der Waals surface area (Å²) in [6, 6.07) is 8.20. The second kappa shape index (κ2) is 12.6. The van der Waals surface area contributed by atoms with Crippen molar-refractivity contribution in [3.8, 4) is 0 Å². The van der Waals surface area contributed by atoms with Gasteiger partial charge in [-0.1, -0.05) is 36.6 Å². The Kier molecular flexibility index (Phi) is 9.33. The minimum atomic E-state index is -4.98. The van der Waals surface area contributed by atoms with Crippen molar-refractivity contribution in [1.29, 1.82) is 0 Å². The number of carbonyl (C=O) groups excluding carboxylic acids is 3. The normalized spacial score (nSPS) is 19.4. The van der Waals surface area contributed by atoms with Crippen LogP contribution in [0.15, 0.2) is 48.5 Å². The van der Waals surface area contributed by atoms with E-state index in [0.717, 1.165) is 31.0 Å². The molecule has 3 aromatic carbocycles. The number of ketones is 2. The van der Waals surface area contributed by atoms with E-state index in [1.165, 1.54) is 18.2 Å². The van der Waals surface area contributed by atoms with Crippen molar-refractivity contribution >= 4 is 58.0 Å². The molecule has 0 spiro atoms. The Labute approximate surface area is 269 Å². The van der Waals surface area contributed by atoms with Crippen LogP contribution in [0.4, 0.5) is 32.0 Å². The first-order valence-electron chi connectivity index (χ1n) is 14.0. The number of amides is 1. The monoisotopic (exact) mass is 689 g/mol. The maximum Gasteiger partial charge on any atom is 0.419 e. The summed E-state index contributed by atoms with van der Waals surface area (Å²) in [5.74, 6) is -7.64. The third-order valence-corrected chi connectivity index (χ3v) is 9.57. The Balaban J connectivity index is 1.31. The van der Waals surface area contributed by atoms with Crippen LogP contribution in [0, 0.1) is 29.3 Å². The lowest BCUT2D eigenvalue weighted by atomic mass is 9.93. The van der Waals surface area contributed by atoms with Crippen LogP contribution >= 0.6 is 34.8 Å². The van der Waals surface area contributed by atoms with Crippen LogP contribution in [0.5, 0.6) is 0 Å². The van der Waals surface area contributed by atoms with Crippen LogP contribution in [0.25, 0.3) is 0 Å². The van der Waals surface area contributed by atoms with Gasteiger partial charge in [0, 0.05) is 41.5 Å². The second-order valence-electron chi connectivity index (χ2n) is 11.3. The van der Waals surface area contributed by atoms with Gasteiger partial charge in [-0.05, 0) is 60.4 Å². The third kappa shape index (κ3) is 6.88. The van der Waals surface area contributed by atoms with Crippen molar-refractivity contribution in [2.24, 2.45) is 11.8 Å². The molecule has 2 saturated carbocycles. The molecule has 0 bridgehead atoms. The van der Waals surface area contributed by atoms with Gasteiger partial charge in [0.05, 0.1) is 16.5 Å². The number of carbonyl (C=O) groups is 3. The highest BCUT2D eigenvalue weighted by Gasteiger charge is 2.67. The predicted molar refractivity (Wildman–Crippen MR) is 157 cm³/mol. The molecule has 1 amide bonds. The second-order valence-corrected chi connectivity index (χ2v) is 13.1. The van der Waals surface area contributed by atoms with Crippen LogP contribution in [-0.4, -0.2) is 21.8 Å². The van der Waals surface area contributed by atoms with E-state index in [9.17, 15) is 36.3 Å². The molecule has 2 atom stereocenters. The van der Waals surface area contributed by atoms with Gasteiger partial charge in [0.2, 0.25) is 5.91 Å². The Hall–Kier alpha value is -3.08. The molecule has 0 unspecified atom stereocenters. The van der Waals surface area contributed by atoms with E-state index < -0.39 is 75.5 Å². The molecule has 0 aliphatic heterocycles. The molecule has 2 aliphatic carbocycles. The van der Waals surface area contributed by atoms with E-state index in [1.807, 2.05) is 0 Å². The highest BCUT2D eigenvalue weighted by molar-refractivity contribution is 6.53. The quantitative estimate of drug-likeness (QED) is 0.139. The minimum Gasteiger partial charge on any atom is -0.326 e. The summed E-state index contributed by atoms with van der Waals surface area (Å²) in [5, 5.41) is 2.47. The highest BCUT2D eigenvalue weighted by Crippen LogP contribution is 2.65. The van der Waals surface area contributed by atoms with Gasteiger partial charge in [-0.3, -0.25) is 14.4 Å². The van der Waals surface area contributed by atoms with Crippen molar-refractivity contribution in [1.82, 2.24) is 0 Å². The van der Waals surface area contributed by atoms with Crippen LogP contribution in [0.1, 0.15) is 64.2 Å². The summed E-state index contributed by atoms with van der Waals surface area (Å²) >= 11 is 18.7. The molecular weight excluding hydrogens is 667 g/mol. The fourth-order valence-corrected chi connectivity index (χ4v) is 6.89. The SMILES string of the molecule is O=C(Cc1ccc(F)c(CC(=O)C2CCCC2)c1F)c1cc(NC(=O)[C@H]2[C@H](c3ccc(F)c(C(F)(F)F)c3)C2(Cl)Cl)ccc1Cl. The number of anilines is 1. The molecule has 0 heterocycles. The summed E-state index contributed by atoms with van der Waals surface area (Å²) < 4.78 is 81.4. The highest BCUT2D eigenvalue weighted by atomic mass is 35.5. The molecule has 0 radical (unpaired) electrons. The minimum absolute atomic E-state index is 0.0310. The van der Waals surface area contributed by atoms with Gasteiger partial charge in [-0.2, -0.15) is 13.2 Å². The van der Waals surface area contributed by atoms with Crippen molar-refractivity contribution < 1.29 is 40.7 Å². The van der Waals surface area contributed by atoms with E-state index in [1.54, 1.807) is 0 Å². The first-order chi connectivity index (χ1) is 21.1. The first kappa shape index (κ1) is 33.3. The summed E-state index contributed by atoms with van der Waals surface area (Å²) in [6.07, 6.45) is -2.82. The maximum absolute atomic E-state index is 15.3. The lowest BCUT2D eigenvalue weighted by molar-refractivity contribution is -0.140. The van der Waals surface area contributed by atoms with Crippen LogP contribution in [0.3, 0.4) is 0 Å². The number of Topliss-reactive ketones (excluding diaryl/α,β-unsaturated/α-hetero) is 2. The molecule has 238 valence electrons. The molecule has 2 aliphatic rings. The van der Waals surface area contributed by atoms with Gasteiger partial charge >= 0.3 is 6.18 Å². The fourth-order valence-electron chi connectivity index (χ4n) is 5.84. The van der Waals surface area contributed by atoms with Crippen molar-refractivity contribution in [3.05, 3.63) is 98.8 Å². The van der Waals surface area contributed by atoms with Crippen LogP contribution in [0.2, 0.25) is 5.02 Å². The van der Waals surface area contributed by atoms with E-state index in [-0.39, 0.29) is 39.1 Å². The summed E-state index contributed by atoms with van der Waals surface area (Å²) in [4.78, 5) is 38.8. The zero-order chi connectivity index (χ0) is 32.8. The first-order valence-corrected chi connectivity index (χ1v) is 15.1.